The van der Waals surface area contributed by atoms with Crippen LogP contribution in [0.2, 0.25) is 0 Å². The molecule has 0 saturated heterocycles. The number of aldehydes is 1. The number of carbonyl (C=O) groups excluding carboxylic acids is 1. The first-order valence-corrected chi connectivity index (χ1v) is 2.77. The van der Waals surface area contributed by atoms with E-state index in [1.54, 1.807) is 6.20 Å². The van der Waals surface area contributed by atoms with E-state index in [-0.39, 0.29) is 0 Å². The molecule has 0 aliphatic heterocycles. The molecule has 1 aromatic heterocycles. The van der Waals surface area contributed by atoms with Crippen molar-refractivity contribution in [2.75, 3.05) is 0 Å². The zero-order chi connectivity index (χ0) is 6.69. The van der Waals surface area contributed by atoms with E-state index in [2.05, 4.69) is 10.2 Å². The lowest BCUT2D eigenvalue weighted by atomic mass is 10.2. The van der Waals surface area contributed by atoms with Gasteiger partial charge in [-0.15, -0.1) is 0 Å². The summed E-state index contributed by atoms with van der Waals surface area (Å²) in [6.07, 6.45) is 3.01. The highest BCUT2D eigenvalue weighted by Gasteiger charge is 1.96. The van der Waals surface area contributed by atoms with Gasteiger partial charge in [0, 0.05) is 12.1 Å². The third-order valence-corrected chi connectivity index (χ3v) is 1.22. The summed E-state index contributed by atoms with van der Waals surface area (Å²) in [5.74, 6) is 0. The minimum atomic E-state index is 0.436. The van der Waals surface area contributed by atoms with Crippen molar-refractivity contribution in [2.45, 2.75) is 13.3 Å². The van der Waals surface area contributed by atoms with Crippen LogP contribution in [0.3, 0.4) is 0 Å². The maximum atomic E-state index is 9.98. The molecule has 0 aromatic carbocycles. The predicted octanol–water partition coefficient (Wildman–Crippen LogP) is 0.460. The van der Waals surface area contributed by atoms with Gasteiger partial charge in [0.1, 0.15) is 6.29 Å². The summed E-state index contributed by atoms with van der Waals surface area (Å²) in [6.45, 7) is 1.92. The SMILES string of the molecule is Cc1cn[nH]c1CC=O. The molecule has 1 rings (SSSR count). The number of aromatic nitrogens is 2. The first kappa shape index (κ1) is 6.01. The van der Waals surface area contributed by atoms with E-state index in [1.165, 1.54) is 0 Å². The Kier molecular flexibility index (Phi) is 1.63. The molecule has 0 aliphatic rings. The Morgan fingerprint density at radius 1 is 1.89 bits per heavy atom. The number of H-pyrrole nitrogens is 1. The molecule has 1 N–H and O–H groups in total. The van der Waals surface area contributed by atoms with Crippen molar-refractivity contribution in [1.82, 2.24) is 10.2 Å². The van der Waals surface area contributed by atoms with Gasteiger partial charge in [-0.1, -0.05) is 0 Å². The second-order valence-corrected chi connectivity index (χ2v) is 1.90. The van der Waals surface area contributed by atoms with E-state index in [4.69, 9.17) is 0 Å². The largest absolute Gasteiger partial charge is 0.303 e. The number of aryl methyl sites for hydroxylation is 1. The number of nitrogens with one attached hydrogen (secondary N) is 1. The van der Waals surface area contributed by atoms with Crippen molar-refractivity contribution < 1.29 is 4.79 Å². The molecule has 0 fully saturated rings. The average Bonchev–Trinajstić information content (AvgIpc) is 2.18. The van der Waals surface area contributed by atoms with E-state index in [0.717, 1.165) is 17.5 Å². The van der Waals surface area contributed by atoms with Crippen LogP contribution in [-0.2, 0) is 11.2 Å². The number of nitrogens with zero attached hydrogens (tertiary/aromatic N) is 1. The molecule has 0 amide bonds. The summed E-state index contributed by atoms with van der Waals surface area (Å²) >= 11 is 0. The molecule has 1 aromatic rings. The van der Waals surface area contributed by atoms with Gasteiger partial charge in [-0.2, -0.15) is 5.10 Å². The number of rotatable bonds is 2. The fraction of sp³-hybridized carbons (Fsp3) is 0.333. The number of hydrogen-bond donors (Lipinski definition) is 1. The van der Waals surface area contributed by atoms with Gasteiger partial charge >= 0.3 is 0 Å². The standard InChI is InChI=1S/C6H8N2O/c1-5-4-7-8-6(5)2-3-9/h3-4H,2H2,1H3,(H,7,8). The molecule has 0 bridgehead atoms. The Morgan fingerprint density at radius 2 is 2.67 bits per heavy atom. The van der Waals surface area contributed by atoms with Crippen LogP contribution in [0.1, 0.15) is 11.3 Å². The van der Waals surface area contributed by atoms with E-state index in [0.29, 0.717) is 6.42 Å². The van der Waals surface area contributed by atoms with Crippen LogP contribution in [-0.4, -0.2) is 16.5 Å². The van der Waals surface area contributed by atoms with Crippen molar-refractivity contribution in [2.24, 2.45) is 0 Å². The number of carbonyl (C=O) groups is 1. The molecule has 0 radical (unpaired) electrons. The first-order chi connectivity index (χ1) is 4.34. The summed E-state index contributed by atoms with van der Waals surface area (Å²) < 4.78 is 0. The van der Waals surface area contributed by atoms with Crippen molar-refractivity contribution in [3.63, 3.8) is 0 Å². The molecule has 48 valence electrons. The number of aromatic amines is 1. The highest BCUT2D eigenvalue weighted by molar-refractivity contribution is 5.54. The Labute approximate surface area is 53.1 Å². The Morgan fingerprint density at radius 3 is 3.11 bits per heavy atom. The molecule has 0 aliphatic carbocycles. The van der Waals surface area contributed by atoms with Crippen LogP contribution in [0.4, 0.5) is 0 Å². The normalized spacial score (nSPS) is 9.44. The monoisotopic (exact) mass is 124 g/mol. The molecule has 0 atom stereocenters. The lowest BCUT2D eigenvalue weighted by Crippen LogP contribution is -1.87. The summed E-state index contributed by atoms with van der Waals surface area (Å²) in [5.41, 5.74) is 1.95. The minimum absolute atomic E-state index is 0.436. The maximum Gasteiger partial charge on any atom is 0.125 e. The third-order valence-electron chi connectivity index (χ3n) is 1.22. The van der Waals surface area contributed by atoms with Gasteiger partial charge in [-0.3, -0.25) is 5.10 Å². The second kappa shape index (κ2) is 2.44. The lowest BCUT2D eigenvalue weighted by Gasteiger charge is -1.86. The van der Waals surface area contributed by atoms with Gasteiger partial charge in [0.05, 0.1) is 6.20 Å². The second-order valence-electron chi connectivity index (χ2n) is 1.90. The molecule has 3 nitrogen and oxygen atoms in total. The van der Waals surface area contributed by atoms with Crippen LogP contribution in [0.25, 0.3) is 0 Å². The minimum Gasteiger partial charge on any atom is -0.303 e. The van der Waals surface area contributed by atoms with Crippen LogP contribution in [0, 0.1) is 6.92 Å². The average molecular weight is 124 g/mol. The smallest absolute Gasteiger partial charge is 0.125 e. The Balaban J connectivity index is 2.80. The highest BCUT2D eigenvalue weighted by Crippen LogP contribution is 1.99. The van der Waals surface area contributed by atoms with Crippen molar-refractivity contribution in [1.29, 1.82) is 0 Å². The summed E-state index contributed by atoms with van der Waals surface area (Å²) in [6, 6.07) is 0. The molecule has 0 unspecified atom stereocenters. The molecule has 3 heteroatoms. The van der Waals surface area contributed by atoms with Crippen molar-refractivity contribution in [3.05, 3.63) is 17.5 Å². The summed E-state index contributed by atoms with van der Waals surface area (Å²) in [7, 11) is 0. The van der Waals surface area contributed by atoms with Gasteiger partial charge in [0.2, 0.25) is 0 Å². The van der Waals surface area contributed by atoms with Gasteiger partial charge < -0.3 is 4.79 Å². The fourth-order valence-electron chi connectivity index (χ4n) is 0.663. The molecular formula is C6H8N2O. The topological polar surface area (TPSA) is 45.8 Å². The summed E-state index contributed by atoms with van der Waals surface area (Å²) in [5, 5.41) is 6.48. The van der Waals surface area contributed by atoms with Crippen LogP contribution in [0.5, 0.6) is 0 Å². The van der Waals surface area contributed by atoms with Crippen LogP contribution in [0.15, 0.2) is 6.20 Å². The quantitative estimate of drug-likeness (QED) is 0.582. The third kappa shape index (κ3) is 1.16. The van der Waals surface area contributed by atoms with Crippen molar-refractivity contribution >= 4 is 6.29 Å². The van der Waals surface area contributed by atoms with E-state index in [9.17, 15) is 4.79 Å². The predicted molar refractivity (Wildman–Crippen MR) is 33.1 cm³/mol. The molecule has 0 saturated carbocycles. The van der Waals surface area contributed by atoms with E-state index >= 15 is 0 Å². The molecule has 0 spiro atoms. The highest BCUT2D eigenvalue weighted by atomic mass is 16.1. The first-order valence-electron chi connectivity index (χ1n) is 2.77. The van der Waals surface area contributed by atoms with Crippen LogP contribution < -0.4 is 0 Å². The van der Waals surface area contributed by atoms with Gasteiger partial charge in [0.25, 0.3) is 0 Å². The Hall–Kier alpha value is -1.12. The molecular weight excluding hydrogens is 116 g/mol. The van der Waals surface area contributed by atoms with Gasteiger partial charge in [0.15, 0.2) is 0 Å². The maximum absolute atomic E-state index is 9.98. The van der Waals surface area contributed by atoms with Crippen molar-refractivity contribution in [3.8, 4) is 0 Å². The summed E-state index contributed by atoms with van der Waals surface area (Å²) in [4.78, 5) is 9.98. The zero-order valence-corrected chi connectivity index (χ0v) is 5.22. The zero-order valence-electron chi connectivity index (χ0n) is 5.22. The van der Waals surface area contributed by atoms with E-state index < -0.39 is 0 Å². The molecule has 9 heavy (non-hydrogen) atoms. The van der Waals surface area contributed by atoms with Gasteiger partial charge in [-0.25, -0.2) is 0 Å². The lowest BCUT2D eigenvalue weighted by molar-refractivity contribution is -0.107. The number of hydrogen-bond acceptors (Lipinski definition) is 2. The fourth-order valence-corrected chi connectivity index (χ4v) is 0.663. The Bertz CT molecular complexity index is 205. The molecule has 1 heterocycles. The van der Waals surface area contributed by atoms with E-state index in [1.807, 2.05) is 6.92 Å². The van der Waals surface area contributed by atoms with Crippen LogP contribution >= 0.6 is 0 Å². The van der Waals surface area contributed by atoms with Gasteiger partial charge in [-0.05, 0) is 12.5 Å².